The van der Waals surface area contributed by atoms with Crippen molar-refractivity contribution in [2.45, 2.75) is 38.6 Å². The molecule has 1 fully saturated rings. The second kappa shape index (κ2) is 10.7. The normalized spacial score (nSPS) is 15.5. The van der Waals surface area contributed by atoms with Gasteiger partial charge in [-0.25, -0.2) is 8.42 Å². The first-order valence-electron chi connectivity index (χ1n) is 10.9. The molecule has 0 aliphatic carbocycles. The van der Waals surface area contributed by atoms with E-state index in [9.17, 15) is 13.2 Å². The van der Waals surface area contributed by atoms with E-state index in [1.807, 2.05) is 32.3 Å². The number of rotatable bonds is 9. The number of nitrogens with zero attached hydrogens (tertiary/aromatic N) is 3. The standard InChI is InChI=1S/C23H32N4O3S/c1-3-17-31(29,30)25-21-9-6-7-19(18-21)23(28)26(2)22-11-15-27(16-12-22)14-10-20-8-4-5-13-24-20/h4-9,13,18,22,25H,3,10-12,14-17H2,1-2H3. The number of aromatic nitrogens is 1. The molecule has 1 aliphatic rings. The second-order valence-electron chi connectivity index (χ2n) is 8.06. The summed E-state index contributed by atoms with van der Waals surface area (Å²) in [7, 11) is -1.55. The number of piperidine rings is 1. The number of carbonyl (C=O) groups excluding carboxylic acids is 1. The summed E-state index contributed by atoms with van der Waals surface area (Å²) in [6, 6.07) is 12.9. The van der Waals surface area contributed by atoms with Crippen LogP contribution in [-0.4, -0.2) is 67.6 Å². The molecule has 1 aromatic heterocycles. The van der Waals surface area contributed by atoms with Crippen LogP contribution in [0.5, 0.6) is 0 Å². The quantitative estimate of drug-likeness (QED) is 0.643. The van der Waals surface area contributed by atoms with Crippen molar-refractivity contribution < 1.29 is 13.2 Å². The van der Waals surface area contributed by atoms with Crippen molar-refractivity contribution in [1.29, 1.82) is 0 Å². The summed E-state index contributed by atoms with van der Waals surface area (Å²) in [5.74, 6) is -0.0206. The van der Waals surface area contributed by atoms with E-state index in [1.54, 1.807) is 29.2 Å². The highest BCUT2D eigenvalue weighted by Gasteiger charge is 2.26. The lowest BCUT2D eigenvalue weighted by Gasteiger charge is -2.36. The van der Waals surface area contributed by atoms with E-state index in [1.165, 1.54) is 0 Å². The van der Waals surface area contributed by atoms with Crippen molar-refractivity contribution in [3.05, 3.63) is 59.9 Å². The van der Waals surface area contributed by atoms with Crippen LogP contribution >= 0.6 is 0 Å². The average molecular weight is 445 g/mol. The maximum atomic E-state index is 13.0. The fourth-order valence-electron chi connectivity index (χ4n) is 3.93. The Kier molecular flexibility index (Phi) is 8.03. The van der Waals surface area contributed by atoms with Crippen LogP contribution in [0.2, 0.25) is 0 Å². The molecule has 1 amide bonds. The SMILES string of the molecule is CCCS(=O)(=O)Nc1cccc(C(=O)N(C)C2CCN(CCc3ccccn3)CC2)c1. The number of carbonyl (C=O) groups is 1. The molecular weight excluding hydrogens is 412 g/mol. The number of hydrogen-bond acceptors (Lipinski definition) is 5. The Morgan fingerprint density at radius 1 is 1.19 bits per heavy atom. The minimum atomic E-state index is -3.38. The summed E-state index contributed by atoms with van der Waals surface area (Å²) >= 11 is 0. The number of nitrogens with one attached hydrogen (secondary N) is 1. The van der Waals surface area contributed by atoms with Crippen molar-refractivity contribution >= 4 is 21.6 Å². The van der Waals surface area contributed by atoms with E-state index in [2.05, 4.69) is 20.7 Å². The maximum absolute atomic E-state index is 13.0. The van der Waals surface area contributed by atoms with Gasteiger partial charge in [0.05, 0.1) is 5.75 Å². The summed E-state index contributed by atoms with van der Waals surface area (Å²) in [6.07, 6.45) is 5.14. The molecule has 2 aromatic rings. The van der Waals surface area contributed by atoms with Crippen LogP contribution in [0.3, 0.4) is 0 Å². The van der Waals surface area contributed by atoms with Crippen molar-refractivity contribution in [2.75, 3.05) is 37.2 Å². The summed E-state index contributed by atoms with van der Waals surface area (Å²) in [5.41, 5.74) is 2.03. The highest BCUT2D eigenvalue weighted by atomic mass is 32.2. The summed E-state index contributed by atoms with van der Waals surface area (Å²) in [5, 5.41) is 0. The average Bonchev–Trinajstić information content (AvgIpc) is 2.77. The fourth-order valence-corrected chi connectivity index (χ4v) is 5.06. The molecule has 0 bridgehead atoms. The first-order valence-corrected chi connectivity index (χ1v) is 12.5. The molecule has 2 heterocycles. The zero-order valence-electron chi connectivity index (χ0n) is 18.3. The molecule has 0 atom stereocenters. The van der Waals surface area contributed by atoms with Gasteiger partial charge in [-0.1, -0.05) is 19.1 Å². The largest absolute Gasteiger partial charge is 0.339 e. The predicted molar refractivity (Wildman–Crippen MR) is 124 cm³/mol. The molecule has 1 aromatic carbocycles. The minimum Gasteiger partial charge on any atom is -0.339 e. The molecule has 0 radical (unpaired) electrons. The molecule has 31 heavy (non-hydrogen) atoms. The minimum absolute atomic E-state index is 0.0595. The Hall–Kier alpha value is -2.45. The van der Waals surface area contributed by atoms with E-state index < -0.39 is 10.0 Å². The van der Waals surface area contributed by atoms with Gasteiger partial charge in [-0.15, -0.1) is 0 Å². The van der Waals surface area contributed by atoms with Gasteiger partial charge in [-0.3, -0.25) is 14.5 Å². The molecule has 0 unspecified atom stereocenters. The number of sulfonamides is 1. The Balaban J connectivity index is 1.53. The van der Waals surface area contributed by atoms with Crippen molar-refractivity contribution in [2.24, 2.45) is 0 Å². The van der Waals surface area contributed by atoms with Gasteiger partial charge in [0, 0.05) is 62.3 Å². The Labute approximate surface area is 185 Å². The lowest BCUT2D eigenvalue weighted by molar-refractivity contribution is 0.0643. The van der Waals surface area contributed by atoms with E-state index >= 15 is 0 Å². The number of hydrogen-bond donors (Lipinski definition) is 1. The maximum Gasteiger partial charge on any atom is 0.253 e. The number of benzene rings is 1. The smallest absolute Gasteiger partial charge is 0.253 e. The Morgan fingerprint density at radius 2 is 1.97 bits per heavy atom. The van der Waals surface area contributed by atoms with Crippen LogP contribution in [0.25, 0.3) is 0 Å². The Bertz CT molecular complexity index is 958. The highest BCUT2D eigenvalue weighted by molar-refractivity contribution is 7.92. The summed E-state index contributed by atoms with van der Waals surface area (Å²) in [4.78, 5) is 21.6. The first kappa shape index (κ1) is 23.2. The van der Waals surface area contributed by atoms with Gasteiger partial charge in [0.15, 0.2) is 0 Å². The first-order chi connectivity index (χ1) is 14.9. The summed E-state index contributed by atoms with van der Waals surface area (Å²) < 4.78 is 26.6. The predicted octanol–water partition coefficient (Wildman–Crippen LogP) is 3.01. The molecular formula is C23H32N4O3S. The molecule has 1 N–H and O–H groups in total. The van der Waals surface area contributed by atoms with Crippen molar-refractivity contribution in [1.82, 2.24) is 14.8 Å². The van der Waals surface area contributed by atoms with Gasteiger partial charge in [-0.05, 0) is 49.6 Å². The highest BCUT2D eigenvalue weighted by Crippen LogP contribution is 2.20. The van der Waals surface area contributed by atoms with Gasteiger partial charge < -0.3 is 9.80 Å². The molecule has 7 nitrogen and oxygen atoms in total. The summed E-state index contributed by atoms with van der Waals surface area (Å²) in [6.45, 7) is 4.69. The number of likely N-dealkylation sites (tertiary alicyclic amines) is 1. The van der Waals surface area contributed by atoms with Gasteiger partial charge in [0.25, 0.3) is 5.91 Å². The number of pyridine rings is 1. The monoisotopic (exact) mass is 444 g/mol. The molecule has 0 saturated carbocycles. The third-order valence-electron chi connectivity index (χ3n) is 5.69. The van der Waals surface area contributed by atoms with Gasteiger partial charge in [0.2, 0.25) is 10.0 Å². The topological polar surface area (TPSA) is 82.6 Å². The van der Waals surface area contributed by atoms with Crippen LogP contribution in [-0.2, 0) is 16.4 Å². The fraction of sp³-hybridized carbons (Fsp3) is 0.478. The van der Waals surface area contributed by atoms with E-state index in [-0.39, 0.29) is 17.7 Å². The number of amides is 1. The van der Waals surface area contributed by atoms with Crippen LogP contribution < -0.4 is 4.72 Å². The third-order valence-corrected chi connectivity index (χ3v) is 7.18. The van der Waals surface area contributed by atoms with E-state index in [0.717, 1.165) is 44.6 Å². The molecule has 168 valence electrons. The van der Waals surface area contributed by atoms with Gasteiger partial charge >= 0.3 is 0 Å². The van der Waals surface area contributed by atoms with Crippen LogP contribution in [0, 0.1) is 0 Å². The number of anilines is 1. The third kappa shape index (κ3) is 6.77. The van der Waals surface area contributed by atoms with Gasteiger partial charge in [0.1, 0.15) is 0 Å². The van der Waals surface area contributed by atoms with Crippen molar-refractivity contribution in [3.63, 3.8) is 0 Å². The zero-order chi connectivity index (χ0) is 22.3. The molecule has 0 spiro atoms. The van der Waals surface area contributed by atoms with Crippen LogP contribution in [0.15, 0.2) is 48.7 Å². The lowest BCUT2D eigenvalue weighted by atomic mass is 10.0. The second-order valence-corrected chi connectivity index (χ2v) is 9.90. The molecule has 8 heteroatoms. The lowest BCUT2D eigenvalue weighted by Crippen LogP contribution is -2.46. The van der Waals surface area contributed by atoms with E-state index in [0.29, 0.717) is 17.7 Å². The van der Waals surface area contributed by atoms with Crippen LogP contribution in [0.4, 0.5) is 5.69 Å². The van der Waals surface area contributed by atoms with Crippen LogP contribution in [0.1, 0.15) is 42.2 Å². The molecule has 3 rings (SSSR count). The van der Waals surface area contributed by atoms with E-state index in [4.69, 9.17) is 0 Å². The van der Waals surface area contributed by atoms with Crippen molar-refractivity contribution in [3.8, 4) is 0 Å². The molecule has 1 saturated heterocycles. The zero-order valence-corrected chi connectivity index (χ0v) is 19.1. The molecule has 1 aliphatic heterocycles. The van der Waals surface area contributed by atoms with Gasteiger partial charge in [-0.2, -0.15) is 0 Å². The Morgan fingerprint density at radius 3 is 2.65 bits per heavy atom.